The van der Waals surface area contributed by atoms with Crippen molar-refractivity contribution in [2.45, 2.75) is 0 Å². The average molecular weight is 366 g/mol. The summed E-state index contributed by atoms with van der Waals surface area (Å²) in [5.41, 5.74) is 0.561. The number of esters is 1. The molecule has 1 heterocycles. The quantitative estimate of drug-likeness (QED) is 0.329. The first-order valence-corrected chi connectivity index (χ1v) is 7.64. The van der Waals surface area contributed by atoms with E-state index in [0.29, 0.717) is 21.6 Å². The van der Waals surface area contributed by atoms with Gasteiger partial charge in [0.25, 0.3) is 0 Å². The second-order valence-electron chi connectivity index (χ2n) is 4.63. The Bertz CT molecular complexity index is 805. The van der Waals surface area contributed by atoms with Crippen LogP contribution in [0.15, 0.2) is 40.3 Å². The fraction of sp³-hybridized carbons (Fsp3) is 0.176. The van der Waals surface area contributed by atoms with Gasteiger partial charge < -0.3 is 13.9 Å². The summed E-state index contributed by atoms with van der Waals surface area (Å²) < 4.78 is 15.3. The van der Waals surface area contributed by atoms with Gasteiger partial charge in [0.2, 0.25) is 0 Å². The summed E-state index contributed by atoms with van der Waals surface area (Å²) in [4.78, 5) is 11.8. The van der Waals surface area contributed by atoms with Crippen LogP contribution >= 0.6 is 23.2 Å². The van der Waals surface area contributed by atoms with Gasteiger partial charge in [-0.1, -0.05) is 23.2 Å². The Morgan fingerprint density at radius 2 is 2.04 bits per heavy atom. The molecule has 0 saturated heterocycles. The van der Waals surface area contributed by atoms with E-state index in [1.165, 1.54) is 13.2 Å². The molecule has 7 heteroatoms. The number of benzene rings is 1. The molecule has 2 aromatic rings. The van der Waals surface area contributed by atoms with Gasteiger partial charge in [-0.3, -0.25) is 0 Å². The van der Waals surface area contributed by atoms with Crippen molar-refractivity contribution in [1.82, 2.24) is 0 Å². The molecule has 124 valence electrons. The molecule has 0 aliphatic heterocycles. The highest BCUT2D eigenvalue weighted by molar-refractivity contribution is 6.42. The third kappa shape index (κ3) is 4.62. The minimum atomic E-state index is -0.734. The number of hydrogen-bond acceptors (Lipinski definition) is 5. The van der Waals surface area contributed by atoms with Crippen LogP contribution in [0.2, 0.25) is 10.0 Å². The van der Waals surface area contributed by atoms with E-state index in [2.05, 4.69) is 0 Å². The summed E-state index contributed by atoms with van der Waals surface area (Å²) in [6, 6.07) is 10.2. The predicted octanol–water partition coefficient (Wildman–Crippen LogP) is 4.35. The molecule has 5 nitrogen and oxygen atoms in total. The Kier molecular flexibility index (Phi) is 6.44. The molecule has 0 saturated carbocycles. The predicted molar refractivity (Wildman–Crippen MR) is 90.6 cm³/mol. The molecule has 0 N–H and O–H groups in total. The van der Waals surface area contributed by atoms with Gasteiger partial charge in [0.05, 0.1) is 16.7 Å². The molecule has 0 atom stereocenters. The largest absolute Gasteiger partial charge is 0.459 e. The molecule has 0 radical (unpaired) electrons. The third-order valence-corrected chi connectivity index (χ3v) is 3.72. The fourth-order valence-corrected chi connectivity index (χ4v) is 2.11. The summed E-state index contributed by atoms with van der Waals surface area (Å²) in [7, 11) is 1.49. The summed E-state index contributed by atoms with van der Waals surface area (Å²) in [6.45, 7) is 0.327. The van der Waals surface area contributed by atoms with Crippen molar-refractivity contribution in [2.75, 3.05) is 20.3 Å². The third-order valence-electron chi connectivity index (χ3n) is 2.98. The van der Waals surface area contributed by atoms with Gasteiger partial charge in [0.1, 0.15) is 29.8 Å². The van der Waals surface area contributed by atoms with Gasteiger partial charge in [0, 0.05) is 18.7 Å². The zero-order chi connectivity index (χ0) is 17.5. The van der Waals surface area contributed by atoms with Crippen LogP contribution in [0.4, 0.5) is 0 Å². The summed E-state index contributed by atoms with van der Waals surface area (Å²) in [6.07, 6.45) is 1.32. The van der Waals surface area contributed by atoms with Crippen LogP contribution in [0.1, 0.15) is 5.76 Å². The zero-order valence-electron chi connectivity index (χ0n) is 12.7. The lowest BCUT2D eigenvalue weighted by Crippen LogP contribution is -2.11. The van der Waals surface area contributed by atoms with Crippen molar-refractivity contribution >= 4 is 35.2 Å². The smallest absolute Gasteiger partial charge is 0.349 e. The van der Waals surface area contributed by atoms with E-state index in [1.54, 1.807) is 36.4 Å². The van der Waals surface area contributed by atoms with Gasteiger partial charge in [-0.2, -0.15) is 5.26 Å². The van der Waals surface area contributed by atoms with Gasteiger partial charge >= 0.3 is 5.97 Å². The molecule has 0 spiro atoms. The second-order valence-corrected chi connectivity index (χ2v) is 5.44. The normalized spacial score (nSPS) is 11.2. The van der Waals surface area contributed by atoms with Gasteiger partial charge in [-0.25, -0.2) is 4.79 Å². The summed E-state index contributed by atoms with van der Waals surface area (Å²) in [5, 5.41) is 9.93. The Morgan fingerprint density at radius 1 is 1.25 bits per heavy atom. The molecule has 24 heavy (non-hydrogen) atoms. The van der Waals surface area contributed by atoms with Gasteiger partial charge in [0.15, 0.2) is 0 Å². The molecule has 1 aromatic carbocycles. The van der Waals surface area contributed by atoms with Crippen molar-refractivity contribution in [3.05, 3.63) is 51.7 Å². The number of rotatable bonds is 6. The van der Waals surface area contributed by atoms with Crippen LogP contribution < -0.4 is 0 Å². The lowest BCUT2D eigenvalue weighted by Gasteiger charge is -2.02. The van der Waals surface area contributed by atoms with Crippen molar-refractivity contribution < 1.29 is 18.7 Å². The molecule has 0 aliphatic rings. The van der Waals surface area contributed by atoms with E-state index in [0.717, 1.165) is 5.56 Å². The van der Waals surface area contributed by atoms with E-state index in [1.807, 2.05) is 0 Å². The molecule has 0 amide bonds. The first-order valence-electron chi connectivity index (χ1n) is 6.88. The second kappa shape index (κ2) is 8.55. The molecular weight excluding hydrogens is 353 g/mol. The van der Waals surface area contributed by atoms with Crippen molar-refractivity contribution in [2.24, 2.45) is 0 Å². The van der Waals surface area contributed by atoms with Crippen LogP contribution in [0.5, 0.6) is 0 Å². The summed E-state index contributed by atoms with van der Waals surface area (Å²) >= 11 is 11.9. The highest BCUT2D eigenvalue weighted by atomic mass is 35.5. The Hall–Kier alpha value is -2.26. The van der Waals surface area contributed by atoms with Crippen LogP contribution in [0, 0.1) is 11.3 Å². The Balaban J connectivity index is 2.18. The number of methoxy groups -OCH3 is 1. The molecular formula is C17H13Cl2NO4. The molecule has 2 rings (SSSR count). The Labute approximate surface area is 149 Å². The Morgan fingerprint density at radius 3 is 2.71 bits per heavy atom. The number of nitriles is 1. The average Bonchev–Trinajstić information content (AvgIpc) is 3.04. The van der Waals surface area contributed by atoms with E-state index >= 15 is 0 Å². The topological polar surface area (TPSA) is 72.5 Å². The number of carbonyl (C=O) groups excluding carboxylic acids is 1. The molecule has 0 aliphatic carbocycles. The fourth-order valence-electron chi connectivity index (χ4n) is 1.81. The number of nitrogens with zero attached hydrogens (tertiary/aromatic N) is 1. The standard InChI is InChI=1S/C17H13Cl2NO4/c1-22-6-7-23-17(21)12(10-20)8-13-3-5-16(24-13)11-2-4-14(18)15(19)9-11/h2-5,8-9H,6-7H2,1H3/b12-8+. The van der Waals surface area contributed by atoms with Gasteiger partial charge in [-0.05, 0) is 30.3 Å². The number of ether oxygens (including phenoxy) is 2. The highest BCUT2D eigenvalue weighted by Crippen LogP contribution is 2.30. The molecule has 0 fully saturated rings. The first kappa shape index (κ1) is 18.1. The maximum absolute atomic E-state index is 11.8. The zero-order valence-corrected chi connectivity index (χ0v) is 14.2. The number of furan rings is 1. The van der Waals surface area contributed by atoms with Crippen molar-refractivity contribution in [3.63, 3.8) is 0 Å². The first-order chi connectivity index (χ1) is 11.5. The van der Waals surface area contributed by atoms with Crippen LogP contribution in [-0.2, 0) is 14.3 Å². The number of hydrogen-bond donors (Lipinski definition) is 0. The molecule has 0 unspecified atom stereocenters. The SMILES string of the molecule is COCCOC(=O)/C(C#N)=C/c1ccc(-c2ccc(Cl)c(Cl)c2)o1. The van der Waals surface area contributed by atoms with E-state index in [-0.39, 0.29) is 18.8 Å². The van der Waals surface area contributed by atoms with Crippen molar-refractivity contribution in [3.8, 4) is 17.4 Å². The number of halogens is 2. The van der Waals surface area contributed by atoms with Crippen LogP contribution in [0.25, 0.3) is 17.4 Å². The lowest BCUT2D eigenvalue weighted by molar-refractivity contribution is -0.139. The van der Waals surface area contributed by atoms with E-state index in [4.69, 9.17) is 42.4 Å². The monoisotopic (exact) mass is 365 g/mol. The van der Waals surface area contributed by atoms with Crippen molar-refractivity contribution in [1.29, 1.82) is 5.26 Å². The maximum Gasteiger partial charge on any atom is 0.349 e. The van der Waals surface area contributed by atoms with Gasteiger partial charge in [-0.15, -0.1) is 0 Å². The lowest BCUT2D eigenvalue weighted by atomic mass is 10.2. The minimum absolute atomic E-state index is 0.0705. The molecule has 0 bridgehead atoms. The summed E-state index contributed by atoms with van der Waals surface area (Å²) in [5.74, 6) is 0.142. The van der Waals surface area contributed by atoms with E-state index < -0.39 is 5.97 Å². The van der Waals surface area contributed by atoms with Crippen LogP contribution in [-0.4, -0.2) is 26.3 Å². The molecule has 1 aromatic heterocycles. The van der Waals surface area contributed by atoms with Crippen LogP contribution in [0.3, 0.4) is 0 Å². The maximum atomic E-state index is 11.8. The highest BCUT2D eigenvalue weighted by Gasteiger charge is 2.12. The minimum Gasteiger partial charge on any atom is -0.459 e. The number of carbonyl (C=O) groups is 1. The van der Waals surface area contributed by atoms with E-state index in [9.17, 15) is 4.79 Å².